The lowest BCUT2D eigenvalue weighted by molar-refractivity contribution is 0.102. The highest BCUT2D eigenvalue weighted by Gasteiger charge is 2.33. The fraction of sp³-hybridized carbons (Fsp3) is 0.333. The summed E-state index contributed by atoms with van der Waals surface area (Å²) < 4.78 is 28.9. The first-order chi connectivity index (χ1) is 14.8. The van der Waals surface area contributed by atoms with Gasteiger partial charge in [-0.1, -0.05) is 18.2 Å². The lowest BCUT2D eigenvalue weighted by atomic mass is 9.98. The number of aromatic nitrogens is 4. The summed E-state index contributed by atoms with van der Waals surface area (Å²) in [7, 11) is -1.93. The van der Waals surface area contributed by atoms with Gasteiger partial charge in [-0.05, 0) is 31.9 Å². The molecule has 0 saturated carbocycles. The monoisotopic (exact) mass is 440 g/mol. The number of benzene rings is 1. The molecule has 1 saturated heterocycles. The fourth-order valence-electron chi connectivity index (χ4n) is 3.65. The predicted octanol–water partition coefficient (Wildman–Crippen LogP) is 2.34. The van der Waals surface area contributed by atoms with Crippen LogP contribution in [0.2, 0.25) is 0 Å². The third kappa shape index (κ3) is 4.49. The number of imidazole rings is 1. The van der Waals surface area contributed by atoms with Crippen LogP contribution in [0.25, 0.3) is 0 Å². The number of carbonyl (C=O) groups is 1. The molecule has 9 nitrogen and oxygen atoms in total. The maximum Gasteiger partial charge on any atom is 0.262 e. The van der Waals surface area contributed by atoms with Crippen LogP contribution in [0.15, 0.2) is 54.1 Å². The van der Waals surface area contributed by atoms with Gasteiger partial charge in [-0.15, -0.1) is 0 Å². The highest BCUT2D eigenvalue weighted by molar-refractivity contribution is 7.89. The molecule has 0 radical (unpaired) electrons. The molecular formula is C21H24N6O3S. The van der Waals surface area contributed by atoms with Gasteiger partial charge in [0.25, 0.3) is 15.9 Å². The zero-order valence-electron chi connectivity index (χ0n) is 17.4. The van der Waals surface area contributed by atoms with Crippen molar-refractivity contribution in [3.05, 3.63) is 66.1 Å². The Kier molecular flexibility index (Phi) is 5.84. The molecule has 10 heteroatoms. The molecule has 1 aliphatic heterocycles. The van der Waals surface area contributed by atoms with Crippen molar-refractivity contribution >= 4 is 21.6 Å². The number of piperidine rings is 1. The van der Waals surface area contributed by atoms with Crippen molar-refractivity contribution in [1.29, 1.82) is 0 Å². The molecule has 162 valence electrons. The molecule has 1 fully saturated rings. The minimum atomic E-state index is -3.67. The smallest absolute Gasteiger partial charge is 0.262 e. The molecule has 0 aliphatic carbocycles. The van der Waals surface area contributed by atoms with E-state index in [1.54, 1.807) is 30.7 Å². The molecule has 1 aliphatic rings. The minimum absolute atomic E-state index is 0.0423. The molecule has 1 unspecified atom stereocenters. The van der Waals surface area contributed by atoms with E-state index in [2.05, 4.69) is 20.3 Å². The lowest BCUT2D eigenvalue weighted by Crippen LogP contribution is -2.39. The number of carbonyl (C=O) groups excluding carboxylic acids is 1. The second-order valence-electron chi connectivity index (χ2n) is 7.63. The maximum atomic E-state index is 12.9. The average molecular weight is 441 g/mol. The van der Waals surface area contributed by atoms with E-state index in [1.807, 2.05) is 18.2 Å². The largest absolute Gasteiger partial charge is 0.339 e. The standard InChI is InChI=1S/C21H24N6O3S/c1-15-18(21(28)25-17-8-4-3-5-9-17)11-22-20(24-15)16-7-6-10-27(12-16)31(29,30)19-13-26(2)14-23-19/h3-5,8-9,11,13-14,16H,6-7,10,12H2,1-2H3,(H,25,28). The molecule has 2 aromatic heterocycles. The number of anilines is 1. The number of para-hydroxylation sites is 1. The van der Waals surface area contributed by atoms with Gasteiger partial charge in [0, 0.05) is 44.1 Å². The van der Waals surface area contributed by atoms with Gasteiger partial charge in [-0.25, -0.2) is 23.4 Å². The van der Waals surface area contributed by atoms with Crippen LogP contribution in [-0.2, 0) is 17.1 Å². The van der Waals surface area contributed by atoms with Crippen LogP contribution in [0.1, 0.15) is 40.6 Å². The van der Waals surface area contributed by atoms with Gasteiger partial charge in [-0.2, -0.15) is 4.31 Å². The number of rotatable bonds is 5. The second kappa shape index (κ2) is 8.56. The summed E-state index contributed by atoms with van der Waals surface area (Å²) in [5.41, 5.74) is 1.64. The summed E-state index contributed by atoms with van der Waals surface area (Å²) >= 11 is 0. The first kappa shape index (κ1) is 21.1. The van der Waals surface area contributed by atoms with Crippen LogP contribution in [0, 0.1) is 6.92 Å². The van der Waals surface area contributed by atoms with Gasteiger partial charge in [-0.3, -0.25) is 4.79 Å². The normalized spacial score (nSPS) is 17.4. The van der Waals surface area contributed by atoms with E-state index >= 15 is 0 Å². The van der Waals surface area contributed by atoms with E-state index in [1.165, 1.54) is 23.0 Å². The number of hydrogen-bond donors (Lipinski definition) is 1. The van der Waals surface area contributed by atoms with Crippen molar-refractivity contribution < 1.29 is 13.2 Å². The van der Waals surface area contributed by atoms with Crippen LogP contribution < -0.4 is 5.32 Å². The molecule has 1 N–H and O–H groups in total. The topological polar surface area (TPSA) is 110 Å². The molecular weight excluding hydrogens is 416 g/mol. The van der Waals surface area contributed by atoms with Gasteiger partial charge < -0.3 is 9.88 Å². The van der Waals surface area contributed by atoms with Gasteiger partial charge >= 0.3 is 0 Å². The summed E-state index contributed by atoms with van der Waals surface area (Å²) in [4.78, 5) is 25.5. The van der Waals surface area contributed by atoms with Gasteiger partial charge in [0.1, 0.15) is 5.82 Å². The van der Waals surface area contributed by atoms with Crippen LogP contribution in [0.4, 0.5) is 5.69 Å². The van der Waals surface area contributed by atoms with Crippen molar-refractivity contribution in [2.24, 2.45) is 7.05 Å². The third-order valence-corrected chi connectivity index (χ3v) is 7.06. The second-order valence-corrected chi connectivity index (χ2v) is 9.51. The summed E-state index contributed by atoms with van der Waals surface area (Å²) in [5.74, 6) is 0.130. The number of amides is 1. The molecule has 0 spiro atoms. The summed E-state index contributed by atoms with van der Waals surface area (Å²) in [6, 6.07) is 9.17. The van der Waals surface area contributed by atoms with E-state index in [9.17, 15) is 13.2 Å². The summed E-state index contributed by atoms with van der Waals surface area (Å²) in [6.45, 7) is 2.48. The van der Waals surface area contributed by atoms with Crippen LogP contribution in [0.5, 0.6) is 0 Å². The van der Waals surface area contributed by atoms with Gasteiger partial charge in [0.05, 0.1) is 17.6 Å². The van der Waals surface area contributed by atoms with E-state index in [-0.39, 0.29) is 23.4 Å². The Balaban J connectivity index is 1.50. The predicted molar refractivity (Wildman–Crippen MR) is 115 cm³/mol. The van der Waals surface area contributed by atoms with Crippen molar-refractivity contribution in [3.8, 4) is 0 Å². The Labute approximate surface area is 181 Å². The molecule has 31 heavy (non-hydrogen) atoms. The highest BCUT2D eigenvalue weighted by atomic mass is 32.2. The van der Waals surface area contributed by atoms with Gasteiger partial charge in [0.2, 0.25) is 0 Å². The zero-order valence-corrected chi connectivity index (χ0v) is 18.2. The third-order valence-electron chi connectivity index (χ3n) is 5.31. The Morgan fingerprint density at radius 2 is 1.97 bits per heavy atom. The van der Waals surface area contributed by atoms with Crippen molar-refractivity contribution in [3.63, 3.8) is 0 Å². The lowest BCUT2D eigenvalue weighted by Gasteiger charge is -2.30. The minimum Gasteiger partial charge on any atom is -0.339 e. The number of nitrogens with one attached hydrogen (secondary N) is 1. The summed E-state index contributed by atoms with van der Waals surface area (Å²) in [5, 5.41) is 2.87. The Hall–Kier alpha value is -3.11. The maximum absolute atomic E-state index is 12.9. The SMILES string of the molecule is Cc1nc(C2CCCN(S(=O)(=O)c3cn(C)cn3)C2)ncc1C(=O)Nc1ccccc1. The Bertz CT molecular complexity index is 1190. The first-order valence-electron chi connectivity index (χ1n) is 10.0. The van der Waals surface area contributed by atoms with Crippen molar-refractivity contribution in [2.45, 2.75) is 30.7 Å². The first-order valence-corrected chi connectivity index (χ1v) is 11.5. The molecule has 4 rings (SSSR count). The molecule has 1 amide bonds. The number of aryl methyl sites for hydroxylation is 2. The molecule has 1 aromatic carbocycles. The number of hydrogen-bond acceptors (Lipinski definition) is 6. The quantitative estimate of drug-likeness (QED) is 0.652. The van der Waals surface area contributed by atoms with E-state index < -0.39 is 10.0 Å². The molecule has 3 heterocycles. The number of sulfonamides is 1. The fourth-order valence-corrected chi connectivity index (χ4v) is 5.14. The Morgan fingerprint density at radius 3 is 2.65 bits per heavy atom. The average Bonchev–Trinajstić information content (AvgIpc) is 3.21. The van der Waals surface area contributed by atoms with Gasteiger partial charge in [0.15, 0.2) is 5.03 Å². The summed E-state index contributed by atoms with van der Waals surface area (Å²) in [6.07, 6.45) is 5.97. The van der Waals surface area contributed by atoms with Crippen molar-refractivity contribution in [1.82, 2.24) is 23.8 Å². The molecule has 0 bridgehead atoms. The van der Waals surface area contributed by atoms with E-state index in [0.29, 0.717) is 35.7 Å². The van der Waals surface area contributed by atoms with Crippen LogP contribution in [0.3, 0.4) is 0 Å². The van der Waals surface area contributed by atoms with Crippen molar-refractivity contribution in [2.75, 3.05) is 18.4 Å². The van der Waals surface area contributed by atoms with Crippen LogP contribution in [-0.4, -0.2) is 51.2 Å². The van der Waals surface area contributed by atoms with E-state index in [4.69, 9.17) is 0 Å². The Morgan fingerprint density at radius 1 is 1.19 bits per heavy atom. The van der Waals surface area contributed by atoms with Crippen LogP contribution >= 0.6 is 0 Å². The zero-order chi connectivity index (χ0) is 22.0. The number of nitrogens with zero attached hydrogens (tertiary/aromatic N) is 5. The molecule has 3 aromatic rings. The highest BCUT2D eigenvalue weighted by Crippen LogP contribution is 2.28. The van der Waals surface area contributed by atoms with E-state index in [0.717, 1.165) is 6.42 Å². The molecule has 1 atom stereocenters.